The third kappa shape index (κ3) is 3.88. The van der Waals surface area contributed by atoms with Crippen LogP contribution in [0.15, 0.2) is 53.9 Å². The highest BCUT2D eigenvalue weighted by Gasteiger charge is 2.21. The fourth-order valence-electron chi connectivity index (χ4n) is 2.47. The molecule has 25 heavy (non-hydrogen) atoms. The normalized spacial score (nSPS) is 10.5. The van der Waals surface area contributed by atoms with Crippen LogP contribution in [0.25, 0.3) is 0 Å². The molecule has 1 amide bonds. The van der Waals surface area contributed by atoms with Crippen molar-refractivity contribution in [2.75, 3.05) is 11.5 Å². The second kappa shape index (κ2) is 7.49. The highest BCUT2D eigenvalue weighted by molar-refractivity contribution is 7.14. The van der Waals surface area contributed by atoms with Crippen molar-refractivity contribution in [3.8, 4) is 5.75 Å². The lowest BCUT2D eigenvalue weighted by Gasteiger charge is -2.20. The predicted molar refractivity (Wildman–Crippen MR) is 102 cm³/mol. The van der Waals surface area contributed by atoms with Crippen molar-refractivity contribution < 1.29 is 9.53 Å². The van der Waals surface area contributed by atoms with Crippen LogP contribution in [0.1, 0.15) is 16.8 Å². The number of carbonyl (C=O) groups is 1. The van der Waals surface area contributed by atoms with Crippen LogP contribution in [0, 0.1) is 20.8 Å². The number of carbonyl (C=O) groups excluding carboxylic acids is 1. The first kappa shape index (κ1) is 17.2. The zero-order valence-corrected chi connectivity index (χ0v) is 15.3. The molecule has 3 rings (SSSR count). The largest absolute Gasteiger partial charge is 0.483 e. The van der Waals surface area contributed by atoms with E-state index in [4.69, 9.17) is 4.74 Å². The van der Waals surface area contributed by atoms with Gasteiger partial charge in [-0.15, -0.1) is 11.3 Å². The maximum Gasteiger partial charge on any atom is 0.271 e. The minimum absolute atomic E-state index is 0.0438. The summed E-state index contributed by atoms with van der Waals surface area (Å²) < 4.78 is 5.80. The van der Waals surface area contributed by atoms with Gasteiger partial charge in [0.15, 0.2) is 11.7 Å². The Kier molecular flexibility index (Phi) is 5.14. The second-order valence-corrected chi connectivity index (χ2v) is 6.66. The van der Waals surface area contributed by atoms with E-state index in [1.165, 1.54) is 11.3 Å². The Hall–Kier alpha value is -2.66. The molecule has 1 aromatic heterocycles. The van der Waals surface area contributed by atoms with Crippen molar-refractivity contribution in [3.63, 3.8) is 0 Å². The topological polar surface area (TPSA) is 42.4 Å². The Morgan fingerprint density at radius 2 is 1.84 bits per heavy atom. The van der Waals surface area contributed by atoms with Gasteiger partial charge in [0.25, 0.3) is 5.91 Å². The monoisotopic (exact) mass is 352 g/mol. The number of anilines is 2. The van der Waals surface area contributed by atoms with Gasteiger partial charge in [-0.3, -0.25) is 9.69 Å². The van der Waals surface area contributed by atoms with Gasteiger partial charge in [-0.2, -0.15) is 0 Å². The van der Waals surface area contributed by atoms with E-state index in [0.29, 0.717) is 5.13 Å². The molecule has 0 aliphatic heterocycles. The number of hydrogen-bond acceptors (Lipinski definition) is 4. The molecule has 0 fully saturated rings. The lowest BCUT2D eigenvalue weighted by molar-refractivity contribution is -0.119. The number of amides is 1. The Labute approximate surface area is 151 Å². The number of aryl methyl sites for hydroxylation is 2. The molecule has 0 aliphatic rings. The van der Waals surface area contributed by atoms with Crippen LogP contribution < -0.4 is 9.64 Å². The van der Waals surface area contributed by atoms with Gasteiger partial charge in [0, 0.05) is 5.38 Å². The Balaban J connectivity index is 1.84. The summed E-state index contributed by atoms with van der Waals surface area (Å²) >= 11 is 1.45. The van der Waals surface area contributed by atoms with Crippen LogP contribution in [0.3, 0.4) is 0 Å². The molecule has 0 saturated heterocycles. The Morgan fingerprint density at radius 3 is 2.52 bits per heavy atom. The maximum absolute atomic E-state index is 12.9. The number of nitrogens with zero attached hydrogens (tertiary/aromatic N) is 2. The van der Waals surface area contributed by atoms with Crippen molar-refractivity contribution in [1.29, 1.82) is 0 Å². The van der Waals surface area contributed by atoms with Crippen molar-refractivity contribution >= 4 is 28.1 Å². The van der Waals surface area contributed by atoms with Crippen LogP contribution in [0.2, 0.25) is 0 Å². The molecular formula is C20H20N2O2S. The molecule has 1 heterocycles. The van der Waals surface area contributed by atoms with Gasteiger partial charge in [0.2, 0.25) is 0 Å². The molecule has 0 unspecified atom stereocenters. The lowest BCUT2D eigenvalue weighted by atomic mass is 10.1. The van der Waals surface area contributed by atoms with Crippen LogP contribution in [0.4, 0.5) is 10.8 Å². The van der Waals surface area contributed by atoms with E-state index in [2.05, 4.69) is 4.98 Å². The van der Waals surface area contributed by atoms with Crippen molar-refractivity contribution in [2.45, 2.75) is 20.8 Å². The summed E-state index contributed by atoms with van der Waals surface area (Å²) in [6.07, 6.45) is 0. The SMILES string of the molecule is Cc1csc(N(C(=O)COc2cccc(C)c2C)c2ccccc2)n1. The zero-order valence-electron chi connectivity index (χ0n) is 14.5. The highest BCUT2D eigenvalue weighted by Crippen LogP contribution is 2.29. The van der Waals surface area contributed by atoms with E-state index in [0.717, 1.165) is 28.3 Å². The van der Waals surface area contributed by atoms with E-state index in [-0.39, 0.29) is 12.5 Å². The Morgan fingerprint density at radius 1 is 1.08 bits per heavy atom. The molecule has 128 valence electrons. The van der Waals surface area contributed by atoms with E-state index in [1.807, 2.05) is 74.7 Å². The third-order valence-electron chi connectivity index (χ3n) is 3.97. The number of ether oxygens (including phenoxy) is 1. The van der Waals surface area contributed by atoms with Gasteiger partial charge < -0.3 is 4.74 Å². The second-order valence-electron chi connectivity index (χ2n) is 5.82. The zero-order chi connectivity index (χ0) is 17.8. The molecule has 0 saturated carbocycles. The molecular weight excluding hydrogens is 332 g/mol. The fourth-order valence-corrected chi connectivity index (χ4v) is 3.31. The third-order valence-corrected chi connectivity index (χ3v) is 4.91. The van der Waals surface area contributed by atoms with Crippen LogP contribution in [-0.4, -0.2) is 17.5 Å². The number of benzene rings is 2. The quantitative estimate of drug-likeness (QED) is 0.661. The maximum atomic E-state index is 12.9. The van der Waals surface area contributed by atoms with Gasteiger partial charge in [0.1, 0.15) is 5.75 Å². The molecule has 3 aromatic rings. The summed E-state index contributed by atoms with van der Waals surface area (Å²) in [6.45, 7) is 5.89. The summed E-state index contributed by atoms with van der Waals surface area (Å²) in [4.78, 5) is 19.0. The summed E-state index contributed by atoms with van der Waals surface area (Å²) in [5.41, 5.74) is 3.86. The molecule has 0 atom stereocenters. The van der Waals surface area contributed by atoms with Gasteiger partial charge in [-0.25, -0.2) is 4.98 Å². The minimum Gasteiger partial charge on any atom is -0.483 e. The van der Waals surface area contributed by atoms with Crippen molar-refractivity contribution in [1.82, 2.24) is 4.98 Å². The molecule has 0 radical (unpaired) electrons. The fraction of sp³-hybridized carbons (Fsp3) is 0.200. The minimum atomic E-state index is -0.151. The average molecular weight is 352 g/mol. The van der Waals surface area contributed by atoms with Crippen LogP contribution in [-0.2, 0) is 4.79 Å². The first-order chi connectivity index (χ1) is 12.1. The summed E-state index contributed by atoms with van der Waals surface area (Å²) in [5, 5.41) is 2.59. The molecule has 0 bridgehead atoms. The average Bonchev–Trinajstić information content (AvgIpc) is 3.03. The van der Waals surface area contributed by atoms with E-state index in [1.54, 1.807) is 4.90 Å². The first-order valence-corrected chi connectivity index (χ1v) is 8.93. The Bertz CT molecular complexity index is 874. The van der Waals surface area contributed by atoms with Crippen molar-refractivity contribution in [3.05, 3.63) is 70.7 Å². The van der Waals surface area contributed by atoms with E-state index >= 15 is 0 Å². The summed E-state index contributed by atoms with van der Waals surface area (Å²) in [6, 6.07) is 15.4. The number of aromatic nitrogens is 1. The summed E-state index contributed by atoms with van der Waals surface area (Å²) in [7, 11) is 0. The highest BCUT2D eigenvalue weighted by atomic mass is 32.1. The number of thiazole rings is 1. The molecule has 0 aliphatic carbocycles. The van der Waals surface area contributed by atoms with Crippen LogP contribution in [0.5, 0.6) is 5.75 Å². The number of para-hydroxylation sites is 1. The molecule has 5 heteroatoms. The number of hydrogen-bond donors (Lipinski definition) is 0. The number of rotatable bonds is 5. The smallest absolute Gasteiger partial charge is 0.271 e. The van der Waals surface area contributed by atoms with Gasteiger partial charge in [0.05, 0.1) is 11.4 Å². The van der Waals surface area contributed by atoms with Crippen LogP contribution >= 0.6 is 11.3 Å². The van der Waals surface area contributed by atoms with E-state index < -0.39 is 0 Å². The molecule has 0 N–H and O–H groups in total. The predicted octanol–water partition coefficient (Wildman–Crippen LogP) is 4.81. The van der Waals surface area contributed by atoms with Gasteiger partial charge in [-0.05, 0) is 50.1 Å². The lowest BCUT2D eigenvalue weighted by Crippen LogP contribution is -2.31. The standard InChI is InChI=1S/C20H20N2O2S/c1-14-8-7-11-18(16(14)3)24-12-19(23)22(17-9-5-4-6-10-17)20-21-15(2)13-25-20/h4-11,13H,12H2,1-3H3. The van der Waals surface area contributed by atoms with Gasteiger partial charge >= 0.3 is 0 Å². The first-order valence-electron chi connectivity index (χ1n) is 8.05. The molecule has 2 aromatic carbocycles. The molecule has 4 nitrogen and oxygen atoms in total. The van der Waals surface area contributed by atoms with Gasteiger partial charge in [-0.1, -0.05) is 30.3 Å². The summed E-state index contributed by atoms with van der Waals surface area (Å²) in [5.74, 6) is 0.582. The van der Waals surface area contributed by atoms with Crippen molar-refractivity contribution in [2.24, 2.45) is 0 Å². The molecule has 0 spiro atoms. The van der Waals surface area contributed by atoms with E-state index in [9.17, 15) is 4.79 Å².